The summed E-state index contributed by atoms with van der Waals surface area (Å²) in [7, 11) is 0. The first-order valence-electron chi connectivity index (χ1n) is 6.10. The van der Waals surface area contributed by atoms with Crippen LogP contribution in [0.2, 0.25) is 0 Å². The number of halogens is 2. The van der Waals surface area contributed by atoms with Gasteiger partial charge in [-0.3, -0.25) is 5.10 Å². The number of aryl methyl sites for hydroxylation is 1. The number of fused-ring (bicyclic) bond motifs is 1. The van der Waals surface area contributed by atoms with E-state index in [4.69, 9.17) is 10.5 Å². The van der Waals surface area contributed by atoms with Crippen LogP contribution < -0.4 is 10.5 Å². The Morgan fingerprint density at radius 3 is 2.81 bits per heavy atom. The zero-order valence-electron chi connectivity index (χ0n) is 10.9. The van der Waals surface area contributed by atoms with Gasteiger partial charge in [0, 0.05) is 11.3 Å². The molecule has 106 valence electrons. The molecule has 0 saturated carbocycles. The lowest BCUT2D eigenvalue weighted by molar-refractivity contribution is 0.378. The van der Waals surface area contributed by atoms with Crippen LogP contribution in [-0.2, 0) is 0 Å². The van der Waals surface area contributed by atoms with E-state index in [1.165, 1.54) is 6.07 Å². The molecule has 1 aromatic heterocycles. The molecule has 5 nitrogen and oxygen atoms in total. The van der Waals surface area contributed by atoms with Crippen LogP contribution in [0.25, 0.3) is 0 Å². The fourth-order valence-corrected chi connectivity index (χ4v) is 2.42. The van der Waals surface area contributed by atoms with Gasteiger partial charge in [-0.25, -0.2) is 8.78 Å². The Hall–Kier alpha value is -2.88. The molecule has 1 aromatic carbocycles. The number of H-pyrrole nitrogens is 1. The third-order valence-corrected chi connectivity index (χ3v) is 3.41. The Labute approximate surface area is 118 Å². The monoisotopic (exact) mass is 288 g/mol. The predicted octanol–water partition coefficient (Wildman–Crippen LogP) is 2.21. The number of benzene rings is 1. The lowest BCUT2D eigenvalue weighted by Crippen LogP contribution is -2.21. The number of aromatic amines is 1. The van der Waals surface area contributed by atoms with Gasteiger partial charge in [0.25, 0.3) is 0 Å². The standard InChI is InChI=1S/C14H10F2N4O/c1-6-11-12(7-2-3-9(15)10(16)4-7)8(5-17)13(18)21-14(11)20-19-6/h2-4,12H,18H2,1H3,(H,19,20)/t12-/m1/s1. The molecule has 3 N–H and O–H groups in total. The first kappa shape index (κ1) is 13.1. The van der Waals surface area contributed by atoms with E-state index in [-0.39, 0.29) is 17.3 Å². The summed E-state index contributed by atoms with van der Waals surface area (Å²) in [5.41, 5.74) is 7.52. The molecule has 0 amide bonds. The highest BCUT2D eigenvalue weighted by atomic mass is 19.2. The zero-order valence-corrected chi connectivity index (χ0v) is 10.9. The molecular formula is C14H10F2N4O. The summed E-state index contributed by atoms with van der Waals surface area (Å²) >= 11 is 0. The predicted molar refractivity (Wildman–Crippen MR) is 69.0 cm³/mol. The summed E-state index contributed by atoms with van der Waals surface area (Å²) in [6, 6.07) is 5.44. The van der Waals surface area contributed by atoms with Gasteiger partial charge in [0.1, 0.15) is 11.6 Å². The highest BCUT2D eigenvalue weighted by molar-refractivity contribution is 5.54. The van der Waals surface area contributed by atoms with Crippen LogP contribution in [-0.4, -0.2) is 10.2 Å². The van der Waals surface area contributed by atoms with Crippen LogP contribution in [0, 0.1) is 29.9 Å². The summed E-state index contributed by atoms with van der Waals surface area (Å²) in [5.74, 6) is -2.44. The van der Waals surface area contributed by atoms with Crippen molar-refractivity contribution in [2.24, 2.45) is 5.73 Å². The van der Waals surface area contributed by atoms with Crippen molar-refractivity contribution in [3.8, 4) is 11.9 Å². The smallest absolute Gasteiger partial charge is 0.244 e. The molecule has 21 heavy (non-hydrogen) atoms. The number of hydrogen-bond acceptors (Lipinski definition) is 4. The van der Waals surface area contributed by atoms with Crippen molar-refractivity contribution in [1.29, 1.82) is 5.26 Å². The third-order valence-electron chi connectivity index (χ3n) is 3.41. The minimum atomic E-state index is -0.988. The molecule has 1 atom stereocenters. The molecule has 1 aliphatic heterocycles. The van der Waals surface area contributed by atoms with E-state index in [1.54, 1.807) is 6.92 Å². The molecule has 1 aliphatic rings. The summed E-state index contributed by atoms with van der Waals surface area (Å²) in [6.07, 6.45) is 0. The van der Waals surface area contributed by atoms with Crippen LogP contribution in [0.3, 0.4) is 0 Å². The van der Waals surface area contributed by atoms with Crippen LogP contribution in [0.1, 0.15) is 22.7 Å². The van der Waals surface area contributed by atoms with Gasteiger partial charge in [0.2, 0.25) is 11.8 Å². The maximum absolute atomic E-state index is 13.5. The number of hydrogen-bond donors (Lipinski definition) is 2. The minimum absolute atomic E-state index is 0.0915. The second-order valence-electron chi connectivity index (χ2n) is 4.67. The average molecular weight is 288 g/mol. The number of nitrogens with two attached hydrogens (primary N) is 1. The summed E-state index contributed by atoms with van der Waals surface area (Å²) in [5, 5.41) is 16.0. The van der Waals surface area contributed by atoms with Gasteiger partial charge >= 0.3 is 0 Å². The molecule has 0 spiro atoms. The maximum atomic E-state index is 13.5. The fraction of sp³-hybridized carbons (Fsp3) is 0.143. The van der Waals surface area contributed by atoms with Crippen molar-refractivity contribution in [2.75, 3.05) is 0 Å². The molecule has 0 fully saturated rings. The van der Waals surface area contributed by atoms with E-state index in [1.807, 2.05) is 6.07 Å². The highest BCUT2D eigenvalue weighted by Crippen LogP contribution is 2.42. The van der Waals surface area contributed by atoms with Gasteiger partial charge in [0.05, 0.1) is 5.92 Å². The number of nitriles is 1. The summed E-state index contributed by atoms with van der Waals surface area (Å²) < 4.78 is 31.9. The van der Waals surface area contributed by atoms with Gasteiger partial charge < -0.3 is 10.5 Å². The minimum Gasteiger partial charge on any atom is -0.420 e. The normalized spacial score (nSPS) is 17.1. The van der Waals surface area contributed by atoms with Crippen molar-refractivity contribution in [3.63, 3.8) is 0 Å². The Kier molecular flexibility index (Phi) is 2.87. The average Bonchev–Trinajstić information content (AvgIpc) is 2.81. The number of allylic oxidation sites excluding steroid dienone is 1. The van der Waals surface area contributed by atoms with E-state index in [0.717, 1.165) is 12.1 Å². The van der Waals surface area contributed by atoms with Crippen molar-refractivity contribution < 1.29 is 13.5 Å². The van der Waals surface area contributed by atoms with Crippen LogP contribution in [0.4, 0.5) is 8.78 Å². The largest absolute Gasteiger partial charge is 0.420 e. The van der Waals surface area contributed by atoms with Crippen molar-refractivity contribution in [2.45, 2.75) is 12.8 Å². The Morgan fingerprint density at radius 1 is 1.38 bits per heavy atom. The van der Waals surface area contributed by atoms with Crippen molar-refractivity contribution in [3.05, 3.63) is 58.1 Å². The summed E-state index contributed by atoms with van der Waals surface area (Å²) in [4.78, 5) is 0. The Morgan fingerprint density at radius 2 is 2.14 bits per heavy atom. The molecule has 7 heteroatoms. The highest BCUT2D eigenvalue weighted by Gasteiger charge is 2.34. The van der Waals surface area contributed by atoms with Gasteiger partial charge in [-0.15, -0.1) is 5.10 Å². The second kappa shape index (κ2) is 4.59. The molecule has 0 saturated heterocycles. The lowest BCUT2D eigenvalue weighted by atomic mass is 9.84. The molecule has 3 rings (SSSR count). The SMILES string of the molecule is Cc1[nH]nc2c1[C@H](c1ccc(F)c(F)c1)C(C#N)=C(N)O2. The molecule has 0 aliphatic carbocycles. The van der Waals surface area contributed by atoms with Crippen molar-refractivity contribution >= 4 is 0 Å². The third kappa shape index (κ3) is 1.92. The summed E-state index contributed by atoms with van der Waals surface area (Å²) in [6.45, 7) is 1.75. The Bertz CT molecular complexity index is 804. The molecule has 2 heterocycles. The molecule has 2 aromatic rings. The van der Waals surface area contributed by atoms with E-state index < -0.39 is 17.6 Å². The second-order valence-corrected chi connectivity index (χ2v) is 4.67. The van der Waals surface area contributed by atoms with E-state index in [0.29, 0.717) is 16.8 Å². The van der Waals surface area contributed by atoms with Gasteiger partial charge in [-0.05, 0) is 24.6 Å². The number of nitrogens with one attached hydrogen (secondary N) is 1. The first-order chi connectivity index (χ1) is 10.0. The van der Waals surface area contributed by atoms with Gasteiger partial charge in [-0.1, -0.05) is 6.07 Å². The topological polar surface area (TPSA) is 87.7 Å². The lowest BCUT2D eigenvalue weighted by Gasteiger charge is -2.23. The van der Waals surface area contributed by atoms with E-state index in [9.17, 15) is 14.0 Å². The number of ether oxygens (including phenoxy) is 1. The van der Waals surface area contributed by atoms with Gasteiger partial charge in [-0.2, -0.15) is 5.26 Å². The molecular weight excluding hydrogens is 278 g/mol. The maximum Gasteiger partial charge on any atom is 0.244 e. The molecule has 0 bridgehead atoms. The van der Waals surface area contributed by atoms with E-state index >= 15 is 0 Å². The van der Waals surface area contributed by atoms with Gasteiger partial charge in [0.15, 0.2) is 11.6 Å². The Balaban J connectivity index is 2.24. The van der Waals surface area contributed by atoms with E-state index in [2.05, 4.69) is 10.2 Å². The quantitative estimate of drug-likeness (QED) is 0.842. The zero-order chi connectivity index (χ0) is 15.1. The first-order valence-corrected chi connectivity index (χ1v) is 6.10. The van der Waals surface area contributed by atoms with Crippen LogP contribution in [0.5, 0.6) is 5.88 Å². The number of aromatic nitrogens is 2. The number of nitrogens with zero attached hydrogens (tertiary/aromatic N) is 2. The fourth-order valence-electron chi connectivity index (χ4n) is 2.42. The van der Waals surface area contributed by atoms with Crippen LogP contribution in [0.15, 0.2) is 29.7 Å². The number of rotatable bonds is 1. The van der Waals surface area contributed by atoms with Crippen molar-refractivity contribution in [1.82, 2.24) is 10.2 Å². The van der Waals surface area contributed by atoms with Crippen LogP contribution >= 0.6 is 0 Å². The molecule has 0 unspecified atom stereocenters. The molecule has 0 radical (unpaired) electrons.